The molecule has 2 fully saturated rings. The number of carbonyl (C=O) groups excluding carboxylic acids is 1. The lowest BCUT2D eigenvalue weighted by atomic mass is 9.82. The number of amides is 1. The van der Waals surface area contributed by atoms with Gasteiger partial charge in [0, 0.05) is 12.6 Å². The summed E-state index contributed by atoms with van der Waals surface area (Å²) in [5.41, 5.74) is 5.37. The van der Waals surface area contributed by atoms with Gasteiger partial charge in [-0.1, -0.05) is 19.3 Å². The van der Waals surface area contributed by atoms with Crippen LogP contribution in [0.3, 0.4) is 0 Å². The average Bonchev–Trinajstić information content (AvgIpc) is 2.52. The van der Waals surface area contributed by atoms with Crippen LogP contribution >= 0.6 is 0 Å². The second-order valence-electron chi connectivity index (χ2n) is 5.38. The molecule has 0 spiro atoms. The van der Waals surface area contributed by atoms with E-state index in [1.165, 1.54) is 19.3 Å². The number of carbonyl (C=O) groups is 1. The van der Waals surface area contributed by atoms with Gasteiger partial charge in [-0.15, -0.1) is 0 Å². The number of rotatable bonds is 4. The molecule has 0 aromatic heterocycles. The van der Waals surface area contributed by atoms with Gasteiger partial charge in [0.15, 0.2) is 0 Å². The van der Waals surface area contributed by atoms with E-state index in [1.807, 2.05) is 6.92 Å². The van der Waals surface area contributed by atoms with E-state index in [0.29, 0.717) is 13.2 Å². The minimum Gasteiger partial charge on any atom is -0.379 e. The van der Waals surface area contributed by atoms with Gasteiger partial charge in [-0.3, -0.25) is 4.79 Å². The number of hydrogen-bond acceptors (Lipinski definition) is 3. The third-order valence-electron chi connectivity index (χ3n) is 4.10. The Labute approximate surface area is 96.9 Å². The molecule has 0 bridgehead atoms. The first-order valence-electron chi connectivity index (χ1n) is 6.24. The maximum Gasteiger partial charge on any atom is 0.229 e. The Kier molecular flexibility index (Phi) is 3.50. The van der Waals surface area contributed by atoms with Crippen LogP contribution in [-0.4, -0.2) is 31.7 Å². The quantitative estimate of drug-likeness (QED) is 0.740. The molecule has 4 nitrogen and oxygen atoms in total. The minimum atomic E-state index is -0.528. The van der Waals surface area contributed by atoms with E-state index in [-0.39, 0.29) is 11.9 Å². The van der Waals surface area contributed by atoms with E-state index in [2.05, 4.69) is 5.32 Å². The lowest BCUT2D eigenvalue weighted by Crippen LogP contribution is -2.50. The van der Waals surface area contributed by atoms with Gasteiger partial charge in [-0.05, 0) is 19.3 Å². The van der Waals surface area contributed by atoms with Crippen molar-refractivity contribution >= 4 is 5.91 Å². The average molecular weight is 226 g/mol. The second kappa shape index (κ2) is 4.72. The SMILES string of the molecule is CC1(C(=O)NCCC2CCC2)COCC1N. The van der Waals surface area contributed by atoms with Crippen LogP contribution in [0.15, 0.2) is 0 Å². The van der Waals surface area contributed by atoms with Crippen molar-refractivity contribution in [2.45, 2.75) is 38.6 Å². The Morgan fingerprint density at radius 3 is 2.81 bits per heavy atom. The van der Waals surface area contributed by atoms with Crippen LogP contribution in [0, 0.1) is 11.3 Å². The fraction of sp³-hybridized carbons (Fsp3) is 0.917. The topological polar surface area (TPSA) is 64.3 Å². The molecule has 0 radical (unpaired) electrons. The van der Waals surface area contributed by atoms with Crippen molar-refractivity contribution in [3.63, 3.8) is 0 Å². The van der Waals surface area contributed by atoms with E-state index < -0.39 is 5.41 Å². The van der Waals surface area contributed by atoms with Crippen molar-refractivity contribution in [1.29, 1.82) is 0 Å². The van der Waals surface area contributed by atoms with E-state index in [4.69, 9.17) is 10.5 Å². The Morgan fingerprint density at radius 2 is 2.31 bits per heavy atom. The van der Waals surface area contributed by atoms with Crippen molar-refractivity contribution in [3.8, 4) is 0 Å². The highest BCUT2D eigenvalue weighted by molar-refractivity contribution is 5.83. The molecule has 16 heavy (non-hydrogen) atoms. The predicted molar refractivity (Wildman–Crippen MR) is 61.9 cm³/mol. The number of hydrogen-bond donors (Lipinski definition) is 2. The van der Waals surface area contributed by atoms with Crippen LogP contribution in [0.25, 0.3) is 0 Å². The molecule has 92 valence electrons. The minimum absolute atomic E-state index is 0.0526. The van der Waals surface area contributed by atoms with Crippen molar-refractivity contribution in [2.75, 3.05) is 19.8 Å². The summed E-state index contributed by atoms with van der Waals surface area (Å²) in [6.45, 7) is 3.62. The summed E-state index contributed by atoms with van der Waals surface area (Å²) in [4.78, 5) is 12.0. The first-order valence-corrected chi connectivity index (χ1v) is 6.24. The first kappa shape index (κ1) is 11.9. The van der Waals surface area contributed by atoms with E-state index in [9.17, 15) is 4.79 Å². The fourth-order valence-corrected chi connectivity index (χ4v) is 2.30. The maximum absolute atomic E-state index is 12.0. The summed E-state index contributed by atoms with van der Waals surface area (Å²) in [5, 5.41) is 3.00. The van der Waals surface area contributed by atoms with Gasteiger partial charge < -0.3 is 15.8 Å². The van der Waals surface area contributed by atoms with E-state index >= 15 is 0 Å². The molecule has 2 unspecified atom stereocenters. The van der Waals surface area contributed by atoms with Gasteiger partial charge in [0.1, 0.15) is 0 Å². The van der Waals surface area contributed by atoms with Gasteiger partial charge >= 0.3 is 0 Å². The standard InChI is InChI=1S/C12H22N2O2/c1-12(8-16-7-10(12)13)11(15)14-6-5-9-3-2-4-9/h9-10H,2-8,13H2,1H3,(H,14,15). The highest BCUT2D eigenvalue weighted by Gasteiger charge is 2.44. The van der Waals surface area contributed by atoms with E-state index in [0.717, 1.165) is 18.9 Å². The van der Waals surface area contributed by atoms with Crippen molar-refractivity contribution in [1.82, 2.24) is 5.32 Å². The Hall–Kier alpha value is -0.610. The lowest BCUT2D eigenvalue weighted by molar-refractivity contribution is -0.130. The van der Waals surface area contributed by atoms with Crippen LogP contribution < -0.4 is 11.1 Å². The first-order chi connectivity index (χ1) is 7.63. The summed E-state index contributed by atoms with van der Waals surface area (Å²) in [7, 11) is 0. The second-order valence-corrected chi connectivity index (χ2v) is 5.38. The zero-order chi connectivity index (χ0) is 11.6. The summed E-state index contributed by atoms with van der Waals surface area (Å²) in [5.74, 6) is 0.887. The van der Waals surface area contributed by atoms with Crippen LogP contribution in [0.2, 0.25) is 0 Å². The van der Waals surface area contributed by atoms with Crippen molar-refractivity contribution < 1.29 is 9.53 Å². The van der Waals surface area contributed by atoms with Crippen LogP contribution in [0.5, 0.6) is 0 Å². The lowest BCUT2D eigenvalue weighted by Gasteiger charge is -2.28. The van der Waals surface area contributed by atoms with Gasteiger partial charge in [-0.25, -0.2) is 0 Å². The molecule has 1 amide bonds. The van der Waals surface area contributed by atoms with Gasteiger partial charge in [0.05, 0.1) is 18.6 Å². The predicted octanol–water partition coefficient (Wildman–Crippen LogP) is 0.657. The van der Waals surface area contributed by atoms with Crippen molar-refractivity contribution in [2.24, 2.45) is 17.1 Å². The molecular formula is C12H22N2O2. The van der Waals surface area contributed by atoms with Gasteiger partial charge in [-0.2, -0.15) is 0 Å². The molecule has 1 aliphatic carbocycles. The third kappa shape index (κ3) is 2.23. The molecule has 1 saturated heterocycles. The van der Waals surface area contributed by atoms with Crippen molar-refractivity contribution in [3.05, 3.63) is 0 Å². The van der Waals surface area contributed by atoms with E-state index in [1.54, 1.807) is 0 Å². The third-order valence-corrected chi connectivity index (χ3v) is 4.10. The Bertz CT molecular complexity index is 266. The van der Waals surface area contributed by atoms with Gasteiger partial charge in [0.2, 0.25) is 5.91 Å². The summed E-state index contributed by atoms with van der Waals surface area (Å²) in [6, 6.07) is -0.170. The maximum atomic E-state index is 12.0. The summed E-state index contributed by atoms with van der Waals surface area (Å²) >= 11 is 0. The smallest absolute Gasteiger partial charge is 0.229 e. The zero-order valence-electron chi connectivity index (χ0n) is 10.00. The molecule has 4 heteroatoms. The van der Waals surface area contributed by atoms with Crippen LogP contribution in [-0.2, 0) is 9.53 Å². The number of ether oxygens (including phenoxy) is 1. The number of nitrogens with two attached hydrogens (primary N) is 1. The highest BCUT2D eigenvalue weighted by atomic mass is 16.5. The molecule has 0 aromatic carbocycles. The fourth-order valence-electron chi connectivity index (χ4n) is 2.30. The normalized spacial score (nSPS) is 34.8. The highest BCUT2D eigenvalue weighted by Crippen LogP contribution is 2.29. The molecule has 1 aliphatic heterocycles. The molecule has 1 heterocycles. The Balaban J connectivity index is 1.73. The van der Waals surface area contributed by atoms with Gasteiger partial charge in [0.25, 0.3) is 0 Å². The number of nitrogens with one attached hydrogen (secondary N) is 1. The molecule has 1 saturated carbocycles. The van der Waals surface area contributed by atoms with Crippen LogP contribution in [0.1, 0.15) is 32.6 Å². The zero-order valence-corrected chi connectivity index (χ0v) is 10.00. The molecular weight excluding hydrogens is 204 g/mol. The Morgan fingerprint density at radius 1 is 1.56 bits per heavy atom. The molecule has 3 N–H and O–H groups in total. The molecule has 0 aromatic rings. The molecule has 2 rings (SSSR count). The molecule has 2 aliphatic rings. The largest absolute Gasteiger partial charge is 0.379 e. The molecule has 2 atom stereocenters. The van der Waals surface area contributed by atoms with Crippen LogP contribution in [0.4, 0.5) is 0 Å². The monoisotopic (exact) mass is 226 g/mol. The summed E-state index contributed by atoms with van der Waals surface area (Å²) < 4.78 is 5.27. The summed E-state index contributed by atoms with van der Waals surface area (Å²) in [6.07, 6.45) is 5.12.